The molecule has 1 aromatic heterocycles. The predicted molar refractivity (Wildman–Crippen MR) is 69.8 cm³/mol. The lowest BCUT2D eigenvalue weighted by molar-refractivity contribution is -0.117. The van der Waals surface area contributed by atoms with Crippen molar-refractivity contribution in [1.82, 2.24) is 4.98 Å². The van der Waals surface area contributed by atoms with E-state index in [1.54, 1.807) is 0 Å². The van der Waals surface area contributed by atoms with Gasteiger partial charge in [0.25, 0.3) is 0 Å². The van der Waals surface area contributed by atoms with Crippen molar-refractivity contribution < 1.29 is 13.2 Å². The molecule has 0 saturated carbocycles. The molecule has 0 aliphatic carbocycles. The van der Waals surface area contributed by atoms with E-state index in [2.05, 4.69) is 4.98 Å². The van der Waals surface area contributed by atoms with Crippen LogP contribution in [0, 0.1) is 0 Å². The maximum absolute atomic E-state index is 11.8. The van der Waals surface area contributed by atoms with Crippen molar-refractivity contribution in [1.29, 1.82) is 0 Å². The molecule has 1 fully saturated rings. The van der Waals surface area contributed by atoms with Crippen LogP contribution < -0.4 is 4.90 Å². The molecule has 9 heteroatoms. The second-order valence-corrected chi connectivity index (χ2v) is 7.48. The van der Waals surface area contributed by atoms with Gasteiger partial charge in [0.1, 0.15) is 5.25 Å². The van der Waals surface area contributed by atoms with Crippen LogP contribution in [-0.2, 0) is 13.8 Å². The summed E-state index contributed by atoms with van der Waals surface area (Å²) in [6.45, 7) is -0.0614. The molecule has 0 spiro atoms. The highest BCUT2D eigenvalue weighted by atomic mass is 35.7. The van der Waals surface area contributed by atoms with Gasteiger partial charge in [-0.05, 0) is 0 Å². The number of halogens is 3. The molecular formula is C9H7Cl3N2O3S. The fourth-order valence-electron chi connectivity index (χ4n) is 1.74. The number of rotatable bonds is 2. The molecule has 0 radical (unpaired) electrons. The van der Waals surface area contributed by atoms with Crippen molar-refractivity contribution >= 4 is 54.5 Å². The maximum atomic E-state index is 11.8. The smallest absolute Gasteiger partial charge is 0.237 e. The fraction of sp³-hybridized carbons (Fsp3) is 0.333. The Morgan fingerprint density at radius 3 is 2.28 bits per heavy atom. The summed E-state index contributed by atoms with van der Waals surface area (Å²) < 4.78 is 22.5. The summed E-state index contributed by atoms with van der Waals surface area (Å²) in [6.07, 6.45) is 2.48. The molecule has 1 unspecified atom stereocenters. The molecule has 0 bridgehead atoms. The van der Waals surface area contributed by atoms with Gasteiger partial charge in [-0.2, -0.15) is 0 Å². The lowest BCUT2D eigenvalue weighted by atomic mass is 10.3. The van der Waals surface area contributed by atoms with Gasteiger partial charge >= 0.3 is 0 Å². The summed E-state index contributed by atoms with van der Waals surface area (Å²) in [6, 6.07) is 0. The number of nitrogens with zero attached hydrogens (tertiary/aromatic N) is 2. The Kier molecular flexibility index (Phi) is 3.73. The normalized spacial score (nSPS) is 20.5. The quantitative estimate of drug-likeness (QED) is 0.779. The van der Waals surface area contributed by atoms with Crippen molar-refractivity contribution in [2.45, 2.75) is 11.7 Å². The Morgan fingerprint density at radius 2 is 1.83 bits per heavy atom. The first kappa shape index (κ1) is 13.9. The largest absolute Gasteiger partial charge is 0.308 e. The van der Waals surface area contributed by atoms with Gasteiger partial charge in [-0.1, -0.05) is 23.2 Å². The van der Waals surface area contributed by atoms with Gasteiger partial charge in [-0.25, -0.2) is 8.42 Å². The number of aromatic nitrogens is 1. The number of anilines is 1. The lowest BCUT2D eigenvalue weighted by Crippen LogP contribution is -2.27. The third kappa shape index (κ3) is 2.56. The van der Waals surface area contributed by atoms with Crippen molar-refractivity contribution in [3.05, 3.63) is 22.4 Å². The first-order valence-corrected chi connectivity index (χ1v) is 7.96. The fourth-order valence-corrected chi connectivity index (χ4v) is 3.34. The monoisotopic (exact) mass is 328 g/mol. The van der Waals surface area contributed by atoms with Gasteiger partial charge in [0.15, 0.2) is 0 Å². The highest BCUT2D eigenvalue weighted by molar-refractivity contribution is 8.14. The van der Waals surface area contributed by atoms with E-state index in [4.69, 9.17) is 33.9 Å². The molecule has 5 nitrogen and oxygen atoms in total. The van der Waals surface area contributed by atoms with Crippen molar-refractivity contribution in [3.8, 4) is 0 Å². The zero-order chi connectivity index (χ0) is 13.5. The average molecular weight is 330 g/mol. The minimum atomic E-state index is -3.79. The molecule has 1 aliphatic rings. The van der Waals surface area contributed by atoms with Gasteiger partial charge in [0.05, 0.1) is 15.7 Å². The van der Waals surface area contributed by atoms with Crippen LogP contribution in [0.5, 0.6) is 0 Å². The molecule has 98 valence electrons. The number of hydrogen-bond donors (Lipinski definition) is 0. The average Bonchev–Trinajstić information content (AvgIpc) is 2.60. The Bertz CT molecular complexity index is 585. The van der Waals surface area contributed by atoms with E-state index >= 15 is 0 Å². The zero-order valence-corrected chi connectivity index (χ0v) is 11.9. The first-order valence-electron chi connectivity index (χ1n) is 4.83. The van der Waals surface area contributed by atoms with E-state index < -0.39 is 14.3 Å². The van der Waals surface area contributed by atoms with Crippen LogP contribution >= 0.6 is 33.9 Å². The molecule has 1 atom stereocenters. The Morgan fingerprint density at radius 1 is 1.28 bits per heavy atom. The SMILES string of the molecule is O=C1CC(S(=O)(=O)Cl)CN1c1c(Cl)cncc1Cl. The standard InChI is InChI=1S/C9H7Cl3N2O3S/c10-6-2-13-3-7(11)9(6)14-4-5(1-8(14)15)18(12,16)17/h2-3,5H,1,4H2. The predicted octanol–water partition coefficient (Wildman–Crippen LogP) is 2.06. The van der Waals surface area contributed by atoms with Crippen molar-refractivity contribution in [3.63, 3.8) is 0 Å². The molecule has 1 aliphatic heterocycles. The molecule has 2 rings (SSSR count). The van der Waals surface area contributed by atoms with E-state index in [-0.39, 0.29) is 34.6 Å². The Labute approximate surface area is 118 Å². The van der Waals surface area contributed by atoms with E-state index in [0.717, 1.165) is 0 Å². The molecular weight excluding hydrogens is 323 g/mol. The number of hydrogen-bond acceptors (Lipinski definition) is 4. The van der Waals surface area contributed by atoms with Crippen LogP contribution in [0.15, 0.2) is 12.4 Å². The van der Waals surface area contributed by atoms with Gasteiger partial charge in [-0.15, -0.1) is 0 Å². The third-order valence-corrected chi connectivity index (χ3v) is 5.01. The molecule has 0 N–H and O–H groups in total. The number of pyridine rings is 1. The number of carbonyl (C=O) groups is 1. The summed E-state index contributed by atoms with van der Waals surface area (Å²) in [5.41, 5.74) is 0.265. The topological polar surface area (TPSA) is 67.3 Å². The van der Waals surface area contributed by atoms with Crippen LogP contribution in [-0.4, -0.2) is 31.1 Å². The Hall–Kier alpha value is -0.560. The number of amides is 1. The van der Waals surface area contributed by atoms with Crippen LogP contribution in [0.25, 0.3) is 0 Å². The van der Waals surface area contributed by atoms with E-state index in [9.17, 15) is 13.2 Å². The van der Waals surface area contributed by atoms with E-state index in [1.807, 2.05) is 0 Å². The van der Waals surface area contributed by atoms with Gasteiger partial charge in [-0.3, -0.25) is 9.78 Å². The second-order valence-electron chi connectivity index (χ2n) is 3.76. The van der Waals surface area contributed by atoms with Crippen LogP contribution in [0.4, 0.5) is 5.69 Å². The molecule has 1 amide bonds. The molecule has 18 heavy (non-hydrogen) atoms. The number of carbonyl (C=O) groups excluding carboxylic acids is 1. The summed E-state index contributed by atoms with van der Waals surface area (Å²) >= 11 is 11.8. The van der Waals surface area contributed by atoms with Crippen molar-refractivity contribution in [2.75, 3.05) is 11.4 Å². The van der Waals surface area contributed by atoms with Crippen LogP contribution in [0.1, 0.15) is 6.42 Å². The molecule has 2 heterocycles. The van der Waals surface area contributed by atoms with Crippen LogP contribution in [0.2, 0.25) is 10.0 Å². The molecule has 1 aromatic rings. The Balaban J connectivity index is 2.39. The molecule has 0 aromatic carbocycles. The van der Waals surface area contributed by atoms with Crippen molar-refractivity contribution in [2.24, 2.45) is 0 Å². The van der Waals surface area contributed by atoms with Gasteiger partial charge in [0, 0.05) is 36.0 Å². The summed E-state index contributed by atoms with van der Waals surface area (Å²) in [5.74, 6) is -0.390. The summed E-state index contributed by atoms with van der Waals surface area (Å²) in [5, 5.41) is -0.584. The summed E-state index contributed by atoms with van der Waals surface area (Å²) in [7, 11) is 1.46. The maximum Gasteiger partial charge on any atom is 0.237 e. The van der Waals surface area contributed by atoms with Gasteiger partial charge < -0.3 is 4.90 Å². The van der Waals surface area contributed by atoms with Gasteiger partial charge in [0.2, 0.25) is 15.0 Å². The second kappa shape index (κ2) is 4.85. The first-order chi connectivity index (χ1) is 8.30. The molecule has 1 saturated heterocycles. The third-order valence-electron chi connectivity index (χ3n) is 2.59. The lowest BCUT2D eigenvalue weighted by Gasteiger charge is -2.18. The van der Waals surface area contributed by atoms with E-state index in [1.165, 1.54) is 17.3 Å². The minimum absolute atomic E-state index is 0.0614. The summed E-state index contributed by atoms with van der Waals surface area (Å²) in [4.78, 5) is 16.8. The highest BCUT2D eigenvalue weighted by Gasteiger charge is 2.39. The van der Waals surface area contributed by atoms with Crippen LogP contribution in [0.3, 0.4) is 0 Å². The minimum Gasteiger partial charge on any atom is -0.308 e. The van der Waals surface area contributed by atoms with E-state index in [0.29, 0.717) is 0 Å². The zero-order valence-electron chi connectivity index (χ0n) is 8.81. The highest BCUT2D eigenvalue weighted by Crippen LogP contribution is 2.36.